The molecule has 0 aliphatic rings. The van der Waals surface area contributed by atoms with Crippen molar-refractivity contribution in [2.24, 2.45) is 0 Å². The summed E-state index contributed by atoms with van der Waals surface area (Å²) in [6, 6.07) is 0. The third kappa shape index (κ3) is 2.23. The van der Waals surface area contributed by atoms with Gasteiger partial charge in [0.05, 0.1) is 0 Å². The van der Waals surface area contributed by atoms with Crippen LogP contribution < -0.4 is 0 Å². The van der Waals surface area contributed by atoms with Crippen LogP contribution in [0.2, 0.25) is 0 Å². The van der Waals surface area contributed by atoms with E-state index in [9.17, 15) is 13.2 Å². The molecule has 0 bridgehead atoms. The van der Waals surface area contributed by atoms with E-state index >= 15 is 0 Å². The van der Waals surface area contributed by atoms with Gasteiger partial charge in [-0.3, -0.25) is 4.68 Å². The van der Waals surface area contributed by atoms with E-state index in [1.54, 1.807) is 34.6 Å². The van der Waals surface area contributed by atoms with Crippen LogP contribution in [0.3, 0.4) is 0 Å². The maximum Gasteiger partial charge on any atom is 0.435 e. The number of hydrogen-bond donors (Lipinski definition) is 0. The van der Waals surface area contributed by atoms with Gasteiger partial charge in [0.15, 0.2) is 5.69 Å². The number of alkyl halides is 3. The number of aryl methyl sites for hydroxylation is 1. The minimum absolute atomic E-state index is 0.293. The molecule has 0 radical (unpaired) electrons. The van der Waals surface area contributed by atoms with Crippen LogP contribution in [0.25, 0.3) is 0 Å². The Hall–Kier alpha value is -1.00. The summed E-state index contributed by atoms with van der Waals surface area (Å²) in [5.41, 5.74) is -0.411. The predicted octanol–water partition coefficient (Wildman–Crippen LogP) is 3.53. The average Bonchev–Trinajstić information content (AvgIpc) is 2.40. The van der Waals surface area contributed by atoms with Crippen LogP contribution in [0, 0.1) is 6.92 Å². The lowest BCUT2D eigenvalue weighted by Gasteiger charge is -2.20. The molecule has 16 heavy (non-hydrogen) atoms. The number of hydrogen-bond acceptors (Lipinski definition) is 1. The summed E-state index contributed by atoms with van der Waals surface area (Å²) in [7, 11) is 0. The Morgan fingerprint density at radius 3 is 1.94 bits per heavy atom. The largest absolute Gasteiger partial charge is 0.435 e. The van der Waals surface area contributed by atoms with Gasteiger partial charge in [0.25, 0.3) is 0 Å². The number of halogens is 3. The first kappa shape index (κ1) is 13.1. The standard InChI is InChI=1S/C11H17F3N2/c1-6-16-7(2)8(10(3,4)5)9(15-16)11(12,13)14/h6H2,1-5H3. The third-order valence-electron chi connectivity index (χ3n) is 2.52. The molecule has 92 valence electrons. The zero-order valence-corrected chi connectivity index (χ0v) is 10.2. The highest BCUT2D eigenvalue weighted by molar-refractivity contribution is 5.34. The van der Waals surface area contributed by atoms with Gasteiger partial charge in [-0.15, -0.1) is 0 Å². The van der Waals surface area contributed by atoms with Gasteiger partial charge in [-0.1, -0.05) is 20.8 Å². The average molecular weight is 234 g/mol. The molecule has 0 aliphatic carbocycles. The second-order valence-electron chi connectivity index (χ2n) is 4.87. The first-order valence-electron chi connectivity index (χ1n) is 5.24. The predicted molar refractivity (Wildman–Crippen MR) is 56.3 cm³/mol. The fourth-order valence-corrected chi connectivity index (χ4v) is 1.95. The van der Waals surface area contributed by atoms with Crippen molar-refractivity contribution in [2.75, 3.05) is 0 Å². The van der Waals surface area contributed by atoms with Crippen molar-refractivity contribution < 1.29 is 13.2 Å². The first-order chi connectivity index (χ1) is 7.09. The highest BCUT2D eigenvalue weighted by atomic mass is 19.4. The fraction of sp³-hybridized carbons (Fsp3) is 0.727. The molecule has 0 saturated carbocycles. The van der Waals surface area contributed by atoms with Gasteiger partial charge in [-0.05, 0) is 19.3 Å². The summed E-state index contributed by atoms with van der Waals surface area (Å²) < 4.78 is 39.9. The van der Waals surface area contributed by atoms with Crippen LogP contribution in [-0.4, -0.2) is 9.78 Å². The molecule has 2 nitrogen and oxygen atoms in total. The monoisotopic (exact) mass is 234 g/mol. The minimum Gasteiger partial charge on any atom is -0.269 e. The molecule has 1 aromatic rings. The first-order valence-corrected chi connectivity index (χ1v) is 5.24. The Morgan fingerprint density at radius 1 is 1.19 bits per heavy atom. The van der Waals surface area contributed by atoms with E-state index in [-0.39, 0.29) is 0 Å². The number of aromatic nitrogens is 2. The Balaban J connectivity index is 3.50. The molecule has 1 aromatic heterocycles. The molecule has 0 saturated heterocycles. The van der Waals surface area contributed by atoms with Gasteiger partial charge in [0, 0.05) is 17.8 Å². The molecule has 0 aliphatic heterocycles. The van der Waals surface area contributed by atoms with Gasteiger partial charge >= 0.3 is 6.18 Å². The Bertz CT molecular complexity index is 383. The van der Waals surface area contributed by atoms with Crippen molar-refractivity contribution in [2.45, 2.75) is 52.8 Å². The lowest BCUT2D eigenvalue weighted by Crippen LogP contribution is -2.19. The molecule has 0 amide bonds. The van der Waals surface area contributed by atoms with Crippen LogP contribution >= 0.6 is 0 Å². The zero-order chi connectivity index (χ0) is 12.7. The van der Waals surface area contributed by atoms with Gasteiger partial charge < -0.3 is 0 Å². The van der Waals surface area contributed by atoms with Crippen LogP contribution in [0.4, 0.5) is 13.2 Å². The molecule has 0 aromatic carbocycles. The van der Waals surface area contributed by atoms with Gasteiger partial charge in [0.2, 0.25) is 0 Å². The van der Waals surface area contributed by atoms with Crippen molar-refractivity contribution in [1.29, 1.82) is 0 Å². The van der Waals surface area contributed by atoms with E-state index < -0.39 is 17.3 Å². The third-order valence-corrected chi connectivity index (χ3v) is 2.52. The molecule has 0 N–H and O–H groups in total. The molecule has 0 fully saturated rings. The summed E-state index contributed by atoms with van der Waals surface area (Å²) in [4.78, 5) is 0. The van der Waals surface area contributed by atoms with Crippen molar-refractivity contribution in [3.05, 3.63) is 17.0 Å². The Morgan fingerprint density at radius 2 is 1.69 bits per heavy atom. The van der Waals surface area contributed by atoms with Crippen molar-refractivity contribution in [3.63, 3.8) is 0 Å². The van der Waals surface area contributed by atoms with Gasteiger partial charge in [0.1, 0.15) is 0 Å². The highest BCUT2D eigenvalue weighted by Gasteiger charge is 2.41. The van der Waals surface area contributed by atoms with Gasteiger partial charge in [-0.25, -0.2) is 0 Å². The highest BCUT2D eigenvalue weighted by Crippen LogP contribution is 2.38. The summed E-state index contributed by atoms with van der Waals surface area (Å²) in [5.74, 6) is 0. The SMILES string of the molecule is CCn1nc(C(F)(F)F)c(C(C)(C)C)c1C. The summed E-state index contributed by atoms with van der Waals surface area (Å²) in [6.45, 7) is 9.23. The van der Waals surface area contributed by atoms with Crippen LogP contribution in [0.5, 0.6) is 0 Å². The Labute approximate surface area is 93.5 Å². The van der Waals surface area contributed by atoms with E-state index in [1.807, 2.05) is 0 Å². The maximum atomic E-state index is 12.8. The van der Waals surface area contributed by atoms with E-state index in [0.717, 1.165) is 0 Å². The lowest BCUT2D eigenvalue weighted by molar-refractivity contribution is -0.142. The maximum absolute atomic E-state index is 12.8. The normalized spacial score (nSPS) is 13.2. The molecule has 0 atom stereocenters. The van der Waals surface area contributed by atoms with Crippen LogP contribution in [0.15, 0.2) is 0 Å². The summed E-state index contributed by atoms with van der Waals surface area (Å²) in [6.07, 6.45) is -4.38. The quantitative estimate of drug-likeness (QED) is 0.726. The van der Waals surface area contributed by atoms with Crippen molar-refractivity contribution in [1.82, 2.24) is 9.78 Å². The minimum atomic E-state index is -4.38. The fourth-order valence-electron chi connectivity index (χ4n) is 1.95. The molecule has 1 heterocycles. The molecular formula is C11H17F3N2. The van der Waals surface area contributed by atoms with Crippen molar-refractivity contribution >= 4 is 0 Å². The lowest BCUT2D eigenvalue weighted by atomic mass is 9.85. The van der Waals surface area contributed by atoms with E-state index in [2.05, 4.69) is 5.10 Å². The second-order valence-corrected chi connectivity index (χ2v) is 4.87. The molecule has 0 spiro atoms. The summed E-state index contributed by atoms with van der Waals surface area (Å²) in [5, 5.41) is 3.66. The molecular weight excluding hydrogens is 217 g/mol. The molecule has 1 rings (SSSR count). The topological polar surface area (TPSA) is 17.8 Å². The van der Waals surface area contributed by atoms with Gasteiger partial charge in [-0.2, -0.15) is 18.3 Å². The number of nitrogens with zero attached hydrogens (tertiary/aromatic N) is 2. The van der Waals surface area contributed by atoms with E-state index in [0.29, 0.717) is 17.8 Å². The molecule has 0 unspecified atom stereocenters. The Kier molecular flexibility index (Phi) is 3.09. The molecule has 5 heteroatoms. The van der Waals surface area contributed by atoms with E-state index in [4.69, 9.17) is 0 Å². The number of rotatable bonds is 1. The summed E-state index contributed by atoms with van der Waals surface area (Å²) >= 11 is 0. The zero-order valence-electron chi connectivity index (χ0n) is 10.2. The smallest absolute Gasteiger partial charge is 0.269 e. The van der Waals surface area contributed by atoms with Crippen LogP contribution in [0.1, 0.15) is 44.6 Å². The van der Waals surface area contributed by atoms with Crippen LogP contribution in [-0.2, 0) is 18.1 Å². The second kappa shape index (κ2) is 3.79. The van der Waals surface area contributed by atoms with E-state index in [1.165, 1.54) is 4.68 Å². The van der Waals surface area contributed by atoms with Crippen molar-refractivity contribution in [3.8, 4) is 0 Å².